The fourth-order valence-electron chi connectivity index (χ4n) is 1.48. The molecule has 0 aliphatic heterocycles. The van der Waals surface area contributed by atoms with Crippen LogP contribution >= 0.6 is 0 Å². The number of Topliss-reactive ketones (excluding diaryl/α,β-unsaturated/α-hetero) is 2. The molecule has 0 aliphatic rings. The molecule has 8 nitrogen and oxygen atoms in total. The van der Waals surface area contributed by atoms with Gasteiger partial charge in [-0.25, -0.2) is 9.68 Å². The highest BCUT2D eigenvalue weighted by atomic mass is 16.7. The number of carbonyl (C=O) groups excluding carboxylic acids is 2. The van der Waals surface area contributed by atoms with E-state index in [9.17, 15) is 19.8 Å². The molecule has 0 radical (unpaired) electrons. The molecule has 114 valence electrons. The number of nitrogens with zero attached hydrogens (tertiary/aromatic N) is 2. The number of ketones is 2. The minimum absolute atomic E-state index is 1.05. The van der Waals surface area contributed by atoms with Gasteiger partial charge < -0.3 is 10.2 Å². The van der Waals surface area contributed by atoms with Gasteiger partial charge in [-0.1, -0.05) is 12.1 Å². The van der Waals surface area contributed by atoms with Gasteiger partial charge in [0.1, 0.15) is 0 Å². The Morgan fingerprint density at radius 3 is 1.32 bits per heavy atom. The van der Waals surface area contributed by atoms with Crippen molar-refractivity contribution < 1.29 is 38.9 Å². The Kier molecular flexibility index (Phi) is 5.12. The normalized spacial score (nSPS) is 13.0. The SMILES string of the molecule is O=C(C(=O)C(O)O[n+]1ccccc1)C(O)O[n+]1ccccc1. The maximum absolute atomic E-state index is 11.7. The van der Waals surface area contributed by atoms with Crippen molar-refractivity contribution in [3.8, 4) is 0 Å². The summed E-state index contributed by atoms with van der Waals surface area (Å²) in [4.78, 5) is 33.0. The average molecular weight is 306 g/mol. The topological polar surface area (TPSA) is 101 Å². The Morgan fingerprint density at radius 2 is 1.00 bits per heavy atom. The molecule has 2 heterocycles. The molecule has 0 aliphatic carbocycles. The molecule has 0 bridgehead atoms. The van der Waals surface area contributed by atoms with Crippen LogP contribution in [0.25, 0.3) is 0 Å². The summed E-state index contributed by atoms with van der Waals surface area (Å²) in [7, 11) is 0. The number of rotatable bonds is 7. The van der Waals surface area contributed by atoms with E-state index in [4.69, 9.17) is 9.68 Å². The predicted molar refractivity (Wildman–Crippen MR) is 68.5 cm³/mol. The molecule has 2 unspecified atom stereocenters. The maximum atomic E-state index is 11.7. The quantitative estimate of drug-likeness (QED) is 0.336. The molecule has 22 heavy (non-hydrogen) atoms. The highest BCUT2D eigenvalue weighted by Gasteiger charge is 2.36. The van der Waals surface area contributed by atoms with E-state index in [1.54, 1.807) is 36.4 Å². The van der Waals surface area contributed by atoms with Gasteiger partial charge in [0.2, 0.25) is 24.8 Å². The van der Waals surface area contributed by atoms with Crippen LogP contribution < -0.4 is 19.1 Å². The molecule has 0 aromatic carbocycles. The molecule has 2 aromatic rings. The Hall–Kier alpha value is -2.84. The summed E-state index contributed by atoms with van der Waals surface area (Å²) in [5.74, 6) is -2.67. The van der Waals surface area contributed by atoms with Crippen molar-refractivity contribution in [1.29, 1.82) is 0 Å². The van der Waals surface area contributed by atoms with E-state index in [-0.39, 0.29) is 0 Å². The first-order valence-electron chi connectivity index (χ1n) is 6.29. The van der Waals surface area contributed by atoms with E-state index in [0.717, 1.165) is 9.46 Å². The van der Waals surface area contributed by atoms with E-state index >= 15 is 0 Å². The number of aromatic nitrogens is 2. The number of hydrogen-bond acceptors (Lipinski definition) is 6. The second kappa shape index (κ2) is 7.25. The summed E-state index contributed by atoms with van der Waals surface area (Å²) in [6.07, 6.45) is 1.58. The van der Waals surface area contributed by atoms with Crippen molar-refractivity contribution >= 4 is 11.6 Å². The van der Waals surface area contributed by atoms with Crippen LogP contribution in [-0.2, 0) is 9.59 Å². The average Bonchev–Trinajstić information content (AvgIpc) is 2.55. The first-order chi connectivity index (χ1) is 10.6. The smallest absolute Gasteiger partial charge is 0.335 e. The number of aliphatic hydroxyl groups excluding tert-OH is 2. The summed E-state index contributed by atoms with van der Waals surface area (Å²) < 4.78 is 2.10. The van der Waals surface area contributed by atoms with E-state index in [2.05, 4.69) is 0 Å². The van der Waals surface area contributed by atoms with Crippen molar-refractivity contribution in [2.75, 3.05) is 0 Å². The van der Waals surface area contributed by atoms with Crippen LogP contribution in [0.15, 0.2) is 61.2 Å². The van der Waals surface area contributed by atoms with Gasteiger partial charge in [-0.2, -0.15) is 0 Å². The van der Waals surface area contributed by atoms with Gasteiger partial charge in [0, 0.05) is 33.7 Å². The molecule has 2 atom stereocenters. The molecular weight excluding hydrogens is 292 g/mol. The molecule has 2 N–H and O–H groups in total. The fraction of sp³-hybridized carbons (Fsp3) is 0.143. The first-order valence-corrected chi connectivity index (χ1v) is 6.29. The summed E-state index contributed by atoms with van der Waals surface area (Å²) in [6.45, 7) is 0. The third kappa shape index (κ3) is 4.08. The highest BCUT2D eigenvalue weighted by molar-refractivity contribution is 6.39. The molecule has 0 spiro atoms. The standard InChI is InChI=1S/C14H14N2O6/c17-11(13(19)21-15-7-3-1-4-8-15)12(18)14(20)22-16-9-5-2-6-10-16/h1-10,13-14,19-20H/q+2. The van der Waals surface area contributed by atoms with E-state index in [1.165, 1.54) is 24.8 Å². The van der Waals surface area contributed by atoms with Crippen molar-refractivity contribution in [2.45, 2.75) is 12.6 Å². The summed E-state index contributed by atoms with van der Waals surface area (Å²) in [5.41, 5.74) is 0. The van der Waals surface area contributed by atoms with Crippen LogP contribution in [0.4, 0.5) is 0 Å². The lowest BCUT2D eigenvalue weighted by molar-refractivity contribution is -0.903. The zero-order valence-electron chi connectivity index (χ0n) is 11.4. The van der Waals surface area contributed by atoms with Gasteiger partial charge in [-0.3, -0.25) is 9.59 Å². The van der Waals surface area contributed by atoms with Crippen LogP contribution in [0, 0.1) is 0 Å². The number of carbonyl (C=O) groups is 2. The van der Waals surface area contributed by atoms with Crippen molar-refractivity contribution in [1.82, 2.24) is 0 Å². The maximum Gasteiger partial charge on any atom is 0.335 e. The van der Waals surface area contributed by atoms with Crippen LogP contribution in [-0.4, -0.2) is 34.4 Å². The number of aliphatic hydroxyl groups is 2. The summed E-state index contributed by atoms with van der Waals surface area (Å²) in [6, 6.07) is 9.81. The zero-order chi connectivity index (χ0) is 15.9. The van der Waals surface area contributed by atoms with Gasteiger partial charge >= 0.3 is 12.6 Å². The Morgan fingerprint density at radius 1 is 0.682 bits per heavy atom. The fourth-order valence-corrected chi connectivity index (χ4v) is 1.48. The second-order valence-electron chi connectivity index (χ2n) is 4.11. The van der Waals surface area contributed by atoms with E-state index in [1.807, 2.05) is 0 Å². The molecule has 0 fully saturated rings. The van der Waals surface area contributed by atoms with E-state index < -0.39 is 24.1 Å². The van der Waals surface area contributed by atoms with Gasteiger partial charge in [-0.15, -0.1) is 0 Å². The highest BCUT2D eigenvalue weighted by Crippen LogP contribution is 1.91. The predicted octanol–water partition coefficient (Wildman–Crippen LogP) is -2.41. The van der Waals surface area contributed by atoms with Crippen molar-refractivity contribution in [3.63, 3.8) is 0 Å². The summed E-state index contributed by atoms with van der Waals surface area (Å²) >= 11 is 0. The molecule has 0 saturated heterocycles. The molecule has 0 saturated carbocycles. The van der Waals surface area contributed by atoms with Crippen LogP contribution in [0.2, 0.25) is 0 Å². The lowest BCUT2D eigenvalue weighted by atomic mass is 10.2. The van der Waals surface area contributed by atoms with Gasteiger partial charge in [0.05, 0.1) is 0 Å². The molecule has 2 rings (SSSR count). The molecular formula is C14H14N2O6+2. The van der Waals surface area contributed by atoms with E-state index in [0.29, 0.717) is 0 Å². The van der Waals surface area contributed by atoms with Crippen molar-refractivity contribution in [2.24, 2.45) is 0 Å². The zero-order valence-corrected chi connectivity index (χ0v) is 11.4. The van der Waals surface area contributed by atoms with Crippen molar-refractivity contribution in [3.05, 3.63) is 61.2 Å². The van der Waals surface area contributed by atoms with Crippen LogP contribution in [0.1, 0.15) is 0 Å². The molecule has 2 aromatic heterocycles. The Balaban J connectivity index is 1.94. The minimum Gasteiger partial charge on any atom is -0.347 e. The molecule has 0 amide bonds. The third-order valence-electron chi connectivity index (χ3n) is 2.51. The lowest BCUT2D eigenvalue weighted by Gasteiger charge is -2.07. The largest absolute Gasteiger partial charge is 0.347 e. The molecule has 8 heteroatoms. The summed E-state index contributed by atoms with van der Waals surface area (Å²) in [5, 5.41) is 19.1. The Labute approximate surface area is 125 Å². The monoisotopic (exact) mass is 306 g/mol. The van der Waals surface area contributed by atoms with Gasteiger partial charge in [0.25, 0.3) is 11.6 Å². The van der Waals surface area contributed by atoms with Crippen LogP contribution in [0.3, 0.4) is 0 Å². The lowest BCUT2D eigenvalue weighted by Crippen LogP contribution is -2.56. The number of hydrogen-bond donors (Lipinski definition) is 2. The minimum atomic E-state index is -2.06. The third-order valence-corrected chi connectivity index (χ3v) is 2.51. The Bertz CT molecular complexity index is 577. The van der Waals surface area contributed by atoms with Gasteiger partial charge in [-0.05, 0) is 0 Å². The first kappa shape index (κ1) is 15.5. The van der Waals surface area contributed by atoms with Gasteiger partial charge in [0.15, 0.2) is 0 Å². The van der Waals surface area contributed by atoms with Crippen LogP contribution in [0.5, 0.6) is 0 Å². The number of pyridine rings is 2. The second-order valence-corrected chi connectivity index (χ2v) is 4.11.